The van der Waals surface area contributed by atoms with Crippen LogP contribution in [0.25, 0.3) is 0 Å². The molecule has 0 saturated heterocycles. The molecule has 1 unspecified atom stereocenters. The normalized spacial score (nSPS) is 12.2. The summed E-state index contributed by atoms with van der Waals surface area (Å²) in [6.45, 7) is 6.64. The number of carbonyl (C=O) groups excluding carboxylic acids is 3. The molecule has 0 heterocycles. The molecule has 0 fully saturated rings. The van der Waals surface area contributed by atoms with Gasteiger partial charge in [-0.05, 0) is 77.0 Å². The van der Waals surface area contributed by atoms with Crippen LogP contribution in [0.3, 0.4) is 0 Å². The molecule has 0 aliphatic carbocycles. The van der Waals surface area contributed by atoms with Gasteiger partial charge in [-0.15, -0.1) is 0 Å². The van der Waals surface area contributed by atoms with E-state index in [4.69, 9.17) is 14.2 Å². The fourth-order valence-corrected chi connectivity index (χ4v) is 9.00. The molecule has 0 aromatic carbocycles. The summed E-state index contributed by atoms with van der Waals surface area (Å²) in [5.41, 5.74) is 0. The summed E-state index contributed by atoms with van der Waals surface area (Å²) >= 11 is 0. The van der Waals surface area contributed by atoms with Crippen molar-refractivity contribution in [2.24, 2.45) is 0 Å². The first-order valence-electron chi connectivity index (χ1n) is 30.5. The molecular formula is C63H116O6. The minimum absolute atomic E-state index is 0.0767. The van der Waals surface area contributed by atoms with Crippen molar-refractivity contribution in [2.75, 3.05) is 13.2 Å². The molecule has 0 bridgehead atoms. The first-order chi connectivity index (χ1) is 34.0. The van der Waals surface area contributed by atoms with Crippen molar-refractivity contribution in [2.45, 2.75) is 335 Å². The van der Waals surface area contributed by atoms with Crippen molar-refractivity contribution >= 4 is 17.9 Å². The van der Waals surface area contributed by atoms with Gasteiger partial charge in [-0.3, -0.25) is 14.4 Å². The van der Waals surface area contributed by atoms with E-state index in [-0.39, 0.29) is 31.1 Å². The second-order valence-corrected chi connectivity index (χ2v) is 20.6. The largest absolute Gasteiger partial charge is 0.462 e. The summed E-state index contributed by atoms with van der Waals surface area (Å²) in [7, 11) is 0. The minimum Gasteiger partial charge on any atom is -0.462 e. The fraction of sp³-hybridized carbons (Fsp3) is 0.857. The van der Waals surface area contributed by atoms with Gasteiger partial charge in [0.15, 0.2) is 6.10 Å². The second kappa shape index (κ2) is 58.2. The summed E-state index contributed by atoms with van der Waals surface area (Å²) in [6, 6.07) is 0. The van der Waals surface area contributed by atoms with Crippen molar-refractivity contribution in [1.29, 1.82) is 0 Å². The van der Waals surface area contributed by atoms with E-state index in [0.29, 0.717) is 19.3 Å². The summed E-state index contributed by atoms with van der Waals surface area (Å²) in [6.07, 6.45) is 70.0. The monoisotopic (exact) mass is 969 g/mol. The average molecular weight is 970 g/mol. The third-order valence-electron chi connectivity index (χ3n) is 13.6. The van der Waals surface area contributed by atoms with Crippen molar-refractivity contribution in [1.82, 2.24) is 0 Å². The fourth-order valence-electron chi connectivity index (χ4n) is 9.00. The van der Waals surface area contributed by atoms with Crippen LogP contribution in [0.5, 0.6) is 0 Å². The zero-order chi connectivity index (χ0) is 50.0. The Hall–Kier alpha value is -2.37. The standard InChI is InChI=1S/C63H116O6/c1-4-7-10-13-16-19-22-25-28-30-31-32-33-34-36-38-41-44-47-50-53-56-62(65)68-59-60(58-67-61(64)55-52-49-46-43-40-37-27-24-21-18-15-12-9-6-3)69-63(66)57-54-51-48-45-42-39-35-29-26-23-20-17-14-11-8-5-2/h20,23-24,27,29,35,60H,4-19,21-22,25-26,28,30-34,36-59H2,1-3H3/b23-20-,27-24-,35-29-. The number of esters is 3. The number of rotatable bonds is 56. The zero-order valence-electron chi connectivity index (χ0n) is 46.3. The Morgan fingerprint density at radius 2 is 0.522 bits per heavy atom. The van der Waals surface area contributed by atoms with E-state index in [2.05, 4.69) is 57.2 Å². The van der Waals surface area contributed by atoms with Gasteiger partial charge in [0.05, 0.1) is 0 Å². The van der Waals surface area contributed by atoms with Crippen molar-refractivity contribution in [3.05, 3.63) is 36.5 Å². The van der Waals surface area contributed by atoms with Gasteiger partial charge in [-0.25, -0.2) is 0 Å². The summed E-state index contributed by atoms with van der Waals surface area (Å²) < 4.78 is 16.9. The second-order valence-electron chi connectivity index (χ2n) is 20.6. The van der Waals surface area contributed by atoms with Crippen LogP contribution in [0.15, 0.2) is 36.5 Å². The van der Waals surface area contributed by atoms with Crippen molar-refractivity contribution in [3.63, 3.8) is 0 Å². The predicted octanol–water partition coefficient (Wildman–Crippen LogP) is 20.4. The number of allylic oxidation sites excluding steroid dienone is 6. The lowest BCUT2D eigenvalue weighted by Gasteiger charge is -2.18. The Balaban J connectivity index is 4.32. The molecule has 69 heavy (non-hydrogen) atoms. The van der Waals surface area contributed by atoms with Gasteiger partial charge in [0, 0.05) is 19.3 Å². The lowest BCUT2D eigenvalue weighted by atomic mass is 10.0. The Bertz CT molecular complexity index is 1160. The van der Waals surface area contributed by atoms with Gasteiger partial charge in [0.2, 0.25) is 0 Å². The third kappa shape index (κ3) is 56.4. The maximum Gasteiger partial charge on any atom is 0.306 e. The maximum atomic E-state index is 12.9. The molecule has 0 aliphatic heterocycles. The van der Waals surface area contributed by atoms with Gasteiger partial charge in [-0.2, -0.15) is 0 Å². The van der Waals surface area contributed by atoms with Gasteiger partial charge in [-0.1, -0.05) is 269 Å². The Morgan fingerprint density at radius 3 is 0.826 bits per heavy atom. The molecule has 6 nitrogen and oxygen atoms in total. The average Bonchev–Trinajstić information content (AvgIpc) is 3.35. The van der Waals surface area contributed by atoms with Crippen LogP contribution >= 0.6 is 0 Å². The van der Waals surface area contributed by atoms with E-state index in [1.807, 2.05) is 0 Å². The zero-order valence-corrected chi connectivity index (χ0v) is 46.3. The number of carbonyl (C=O) groups is 3. The van der Waals surface area contributed by atoms with Crippen LogP contribution < -0.4 is 0 Å². The van der Waals surface area contributed by atoms with Crippen LogP contribution in [0, 0.1) is 0 Å². The van der Waals surface area contributed by atoms with Crippen LogP contribution in [0.1, 0.15) is 329 Å². The highest BCUT2D eigenvalue weighted by Gasteiger charge is 2.19. The summed E-state index contributed by atoms with van der Waals surface area (Å²) in [5, 5.41) is 0. The molecule has 1 atom stereocenters. The molecule has 0 radical (unpaired) electrons. The molecule has 0 amide bonds. The molecule has 0 aromatic rings. The molecular weight excluding hydrogens is 853 g/mol. The van der Waals surface area contributed by atoms with Gasteiger partial charge in [0.25, 0.3) is 0 Å². The molecule has 0 spiro atoms. The summed E-state index contributed by atoms with van der Waals surface area (Å²) in [4.78, 5) is 38.2. The quantitative estimate of drug-likeness (QED) is 0.0261. The van der Waals surface area contributed by atoms with Crippen LogP contribution in [0.4, 0.5) is 0 Å². The van der Waals surface area contributed by atoms with Crippen molar-refractivity contribution < 1.29 is 28.6 Å². The lowest BCUT2D eigenvalue weighted by Crippen LogP contribution is -2.30. The van der Waals surface area contributed by atoms with Gasteiger partial charge < -0.3 is 14.2 Å². The van der Waals surface area contributed by atoms with E-state index >= 15 is 0 Å². The van der Waals surface area contributed by atoms with Gasteiger partial charge in [0.1, 0.15) is 13.2 Å². The third-order valence-corrected chi connectivity index (χ3v) is 13.6. The van der Waals surface area contributed by atoms with Crippen LogP contribution in [0.2, 0.25) is 0 Å². The minimum atomic E-state index is -0.780. The van der Waals surface area contributed by atoms with E-state index in [9.17, 15) is 14.4 Å². The maximum absolute atomic E-state index is 12.9. The van der Waals surface area contributed by atoms with E-state index < -0.39 is 6.10 Å². The topological polar surface area (TPSA) is 78.9 Å². The SMILES string of the molecule is CCCCCC/C=C\C/C=C\CCCCCCCC(=O)OC(COC(=O)CCCCCCC/C=C\CCCCCCC)COC(=O)CCCCCCCCCCCCCCCCCCCCCCC. The Morgan fingerprint density at radius 1 is 0.290 bits per heavy atom. The first-order valence-corrected chi connectivity index (χ1v) is 30.5. The van der Waals surface area contributed by atoms with Crippen molar-refractivity contribution in [3.8, 4) is 0 Å². The number of ether oxygens (including phenoxy) is 3. The number of hydrogen-bond acceptors (Lipinski definition) is 6. The Kier molecular flexibility index (Phi) is 56.2. The van der Waals surface area contributed by atoms with E-state index in [1.165, 1.54) is 199 Å². The highest BCUT2D eigenvalue weighted by molar-refractivity contribution is 5.71. The van der Waals surface area contributed by atoms with Crippen LogP contribution in [-0.4, -0.2) is 37.2 Å². The van der Waals surface area contributed by atoms with E-state index in [1.54, 1.807) is 0 Å². The smallest absolute Gasteiger partial charge is 0.306 e. The molecule has 0 aromatic heterocycles. The molecule has 0 saturated carbocycles. The summed E-state index contributed by atoms with van der Waals surface area (Å²) in [5.74, 6) is -0.880. The predicted molar refractivity (Wildman–Crippen MR) is 298 cm³/mol. The molecule has 404 valence electrons. The molecule has 0 N–H and O–H groups in total. The number of unbranched alkanes of at least 4 members (excludes halogenated alkanes) is 39. The van der Waals surface area contributed by atoms with Gasteiger partial charge >= 0.3 is 17.9 Å². The molecule has 0 rings (SSSR count). The van der Waals surface area contributed by atoms with E-state index in [0.717, 1.165) is 89.9 Å². The van der Waals surface area contributed by atoms with Crippen LogP contribution in [-0.2, 0) is 28.6 Å². The lowest BCUT2D eigenvalue weighted by molar-refractivity contribution is -0.167. The number of hydrogen-bond donors (Lipinski definition) is 0. The molecule has 6 heteroatoms. The first kappa shape index (κ1) is 66.6. The molecule has 0 aliphatic rings. The Labute approximate surface area is 429 Å². The highest BCUT2D eigenvalue weighted by Crippen LogP contribution is 2.17. The highest BCUT2D eigenvalue weighted by atomic mass is 16.6.